The van der Waals surface area contributed by atoms with Crippen molar-refractivity contribution in [3.63, 3.8) is 0 Å². The Morgan fingerprint density at radius 3 is 2.50 bits per heavy atom. The molecule has 20 heavy (non-hydrogen) atoms. The molecule has 1 N–H and O–H groups in total. The van der Waals surface area contributed by atoms with E-state index in [1.807, 2.05) is 0 Å². The zero-order valence-electron chi connectivity index (χ0n) is 10.4. The Morgan fingerprint density at radius 1 is 1.05 bits per heavy atom. The third-order valence-corrected chi connectivity index (χ3v) is 3.14. The van der Waals surface area contributed by atoms with Gasteiger partial charge < -0.3 is 5.11 Å². The fourth-order valence-corrected chi connectivity index (χ4v) is 2.08. The van der Waals surface area contributed by atoms with Gasteiger partial charge in [-0.3, -0.25) is 4.98 Å². The van der Waals surface area contributed by atoms with Crippen LogP contribution in [0.25, 0.3) is 22.0 Å². The maximum Gasteiger partial charge on any atom is 0.335 e. The van der Waals surface area contributed by atoms with Gasteiger partial charge in [0.25, 0.3) is 0 Å². The molecule has 0 bridgehead atoms. The number of carboxylic acid groups (broad SMARTS) is 1. The number of halogens is 1. The molecule has 0 aliphatic heterocycles. The van der Waals surface area contributed by atoms with Crippen molar-refractivity contribution >= 4 is 16.9 Å². The van der Waals surface area contributed by atoms with Gasteiger partial charge in [0.1, 0.15) is 5.82 Å². The number of aromatic nitrogens is 1. The summed E-state index contributed by atoms with van der Waals surface area (Å²) in [7, 11) is 0. The molecule has 0 aliphatic carbocycles. The summed E-state index contributed by atoms with van der Waals surface area (Å²) in [4.78, 5) is 15.0. The first kappa shape index (κ1) is 12.3. The maximum absolute atomic E-state index is 13.7. The highest BCUT2D eigenvalue weighted by atomic mass is 19.1. The molecule has 0 saturated heterocycles. The van der Waals surface area contributed by atoms with Crippen molar-refractivity contribution in [3.05, 3.63) is 66.1 Å². The molecule has 0 unspecified atom stereocenters. The molecular formula is C16H10FNO2. The van der Waals surface area contributed by atoms with Crippen LogP contribution >= 0.6 is 0 Å². The molecule has 98 valence electrons. The second kappa shape index (κ2) is 4.74. The molecule has 2 aromatic carbocycles. The number of pyridine rings is 1. The minimum Gasteiger partial charge on any atom is -0.478 e. The number of nitrogens with zero attached hydrogens (tertiary/aromatic N) is 1. The summed E-state index contributed by atoms with van der Waals surface area (Å²) >= 11 is 0. The normalized spacial score (nSPS) is 10.7. The summed E-state index contributed by atoms with van der Waals surface area (Å²) in [5.74, 6) is -1.29. The summed E-state index contributed by atoms with van der Waals surface area (Å²) < 4.78 is 13.7. The van der Waals surface area contributed by atoms with Crippen LogP contribution in [0.3, 0.4) is 0 Å². The van der Waals surface area contributed by atoms with E-state index in [-0.39, 0.29) is 11.4 Å². The fraction of sp³-hybridized carbons (Fsp3) is 0. The van der Waals surface area contributed by atoms with Gasteiger partial charge in [-0.05, 0) is 35.9 Å². The fourth-order valence-electron chi connectivity index (χ4n) is 2.08. The molecule has 0 atom stereocenters. The zero-order chi connectivity index (χ0) is 14.1. The molecule has 0 spiro atoms. The summed E-state index contributed by atoms with van der Waals surface area (Å²) in [6.07, 6.45) is 1.65. The first-order chi connectivity index (χ1) is 9.65. The molecule has 3 nitrogen and oxygen atoms in total. The molecule has 4 heteroatoms. The predicted molar refractivity (Wildman–Crippen MR) is 74.1 cm³/mol. The van der Waals surface area contributed by atoms with Crippen molar-refractivity contribution in [2.24, 2.45) is 0 Å². The van der Waals surface area contributed by atoms with Gasteiger partial charge in [-0.15, -0.1) is 0 Å². The molecule has 3 aromatic rings. The summed E-state index contributed by atoms with van der Waals surface area (Å²) in [6.45, 7) is 0. The summed E-state index contributed by atoms with van der Waals surface area (Å²) in [5, 5.41) is 9.31. The minimum atomic E-state index is -0.973. The van der Waals surface area contributed by atoms with E-state index in [9.17, 15) is 9.18 Å². The molecule has 0 radical (unpaired) electrons. The molecule has 3 rings (SSSR count). The number of fused-ring (bicyclic) bond motifs is 1. The standard InChI is InChI=1S/C16H10FNO2/c17-14-2-1-3-15-13(14)8-12(9-18-15)10-4-6-11(7-5-10)16(19)20/h1-9H,(H,19,20). The SMILES string of the molecule is O=C(O)c1ccc(-c2cnc3cccc(F)c3c2)cc1. The number of hydrogen-bond acceptors (Lipinski definition) is 2. The number of rotatable bonds is 2. The van der Waals surface area contributed by atoms with Crippen LogP contribution < -0.4 is 0 Å². The number of benzene rings is 2. The van der Waals surface area contributed by atoms with E-state index >= 15 is 0 Å². The van der Waals surface area contributed by atoms with E-state index in [0.29, 0.717) is 10.9 Å². The first-order valence-corrected chi connectivity index (χ1v) is 6.03. The Morgan fingerprint density at radius 2 is 1.80 bits per heavy atom. The van der Waals surface area contributed by atoms with Crippen LogP contribution in [-0.4, -0.2) is 16.1 Å². The molecule has 0 saturated carbocycles. The molecule has 1 aromatic heterocycles. The molecular weight excluding hydrogens is 257 g/mol. The zero-order valence-corrected chi connectivity index (χ0v) is 10.4. The van der Waals surface area contributed by atoms with Gasteiger partial charge >= 0.3 is 5.97 Å². The monoisotopic (exact) mass is 267 g/mol. The van der Waals surface area contributed by atoms with Crippen molar-refractivity contribution < 1.29 is 14.3 Å². The lowest BCUT2D eigenvalue weighted by Crippen LogP contribution is -1.95. The predicted octanol–water partition coefficient (Wildman–Crippen LogP) is 3.74. The largest absolute Gasteiger partial charge is 0.478 e. The van der Waals surface area contributed by atoms with Gasteiger partial charge in [-0.1, -0.05) is 18.2 Å². The number of carbonyl (C=O) groups is 1. The van der Waals surface area contributed by atoms with E-state index in [1.165, 1.54) is 18.2 Å². The van der Waals surface area contributed by atoms with E-state index in [4.69, 9.17) is 5.11 Å². The number of carboxylic acids is 1. The number of aromatic carboxylic acids is 1. The highest BCUT2D eigenvalue weighted by molar-refractivity contribution is 5.89. The van der Waals surface area contributed by atoms with Crippen molar-refractivity contribution in [2.75, 3.05) is 0 Å². The Bertz CT molecular complexity index is 797. The van der Waals surface area contributed by atoms with Crippen LogP contribution in [0.15, 0.2) is 54.7 Å². The third-order valence-electron chi connectivity index (χ3n) is 3.14. The third kappa shape index (κ3) is 2.12. The topological polar surface area (TPSA) is 50.2 Å². The second-order valence-electron chi connectivity index (χ2n) is 4.41. The molecule has 0 fully saturated rings. The Hall–Kier alpha value is -2.75. The molecule has 0 amide bonds. The van der Waals surface area contributed by atoms with Gasteiger partial charge in [0.15, 0.2) is 0 Å². The van der Waals surface area contributed by atoms with Gasteiger partial charge in [0, 0.05) is 17.1 Å². The lowest BCUT2D eigenvalue weighted by atomic mass is 10.0. The average Bonchev–Trinajstić information content (AvgIpc) is 2.47. The lowest BCUT2D eigenvalue weighted by molar-refractivity contribution is 0.0697. The Labute approximate surface area is 114 Å². The molecule has 0 aliphatic rings. The van der Waals surface area contributed by atoms with Crippen LogP contribution in [0.5, 0.6) is 0 Å². The van der Waals surface area contributed by atoms with Gasteiger partial charge in [0.05, 0.1) is 11.1 Å². The maximum atomic E-state index is 13.7. The number of hydrogen-bond donors (Lipinski definition) is 1. The van der Waals surface area contributed by atoms with Crippen LogP contribution in [-0.2, 0) is 0 Å². The summed E-state index contributed by atoms with van der Waals surface area (Å²) in [5.41, 5.74) is 2.36. The lowest BCUT2D eigenvalue weighted by Gasteiger charge is -2.04. The minimum absolute atomic E-state index is 0.216. The molecule has 1 heterocycles. The van der Waals surface area contributed by atoms with Crippen molar-refractivity contribution in [3.8, 4) is 11.1 Å². The summed E-state index contributed by atoms with van der Waals surface area (Å²) in [6, 6.07) is 12.9. The quantitative estimate of drug-likeness (QED) is 0.769. The van der Waals surface area contributed by atoms with Gasteiger partial charge in [0.2, 0.25) is 0 Å². The van der Waals surface area contributed by atoms with E-state index in [1.54, 1.807) is 36.5 Å². The Balaban J connectivity index is 2.10. The van der Waals surface area contributed by atoms with E-state index in [0.717, 1.165) is 11.1 Å². The average molecular weight is 267 g/mol. The van der Waals surface area contributed by atoms with E-state index < -0.39 is 5.97 Å². The highest BCUT2D eigenvalue weighted by Crippen LogP contribution is 2.24. The van der Waals surface area contributed by atoms with Crippen LogP contribution in [0.1, 0.15) is 10.4 Å². The van der Waals surface area contributed by atoms with Crippen molar-refractivity contribution in [1.29, 1.82) is 0 Å². The van der Waals surface area contributed by atoms with Crippen LogP contribution in [0.2, 0.25) is 0 Å². The smallest absolute Gasteiger partial charge is 0.335 e. The van der Waals surface area contributed by atoms with Gasteiger partial charge in [-0.2, -0.15) is 0 Å². The first-order valence-electron chi connectivity index (χ1n) is 6.03. The van der Waals surface area contributed by atoms with Crippen LogP contribution in [0, 0.1) is 5.82 Å². The Kier molecular flexibility index (Phi) is 2.91. The highest BCUT2D eigenvalue weighted by Gasteiger charge is 2.06. The van der Waals surface area contributed by atoms with E-state index in [2.05, 4.69) is 4.98 Å². The van der Waals surface area contributed by atoms with Crippen molar-refractivity contribution in [2.45, 2.75) is 0 Å². The van der Waals surface area contributed by atoms with Gasteiger partial charge in [-0.25, -0.2) is 9.18 Å². The van der Waals surface area contributed by atoms with Crippen molar-refractivity contribution in [1.82, 2.24) is 4.98 Å². The second-order valence-corrected chi connectivity index (χ2v) is 4.41. The van der Waals surface area contributed by atoms with Crippen LogP contribution in [0.4, 0.5) is 4.39 Å².